The van der Waals surface area contributed by atoms with Crippen molar-refractivity contribution in [2.75, 3.05) is 19.8 Å². The van der Waals surface area contributed by atoms with Gasteiger partial charge < -0.3 is 15.0 Å². The maximum atomic E-state index is 12.5. The number of carbonyl (C=O) groups excluding carboxylic acids is 1. The van der Waals surface area contributed by atoms with Gasteiger partial charge in [0.2, 0.25) is 0 Å². The average Bonchev–Trinajstić information content (AvgIpc) is 3.13. The topological polar surface area (TPSA) is 67.3 Å². The van der Waals surface area contributed by atoms with E-state index in [0.29, 0.717) is 26.3 Å². The lowest BCUT2D eigenvalue weighted by molar-refractivity contribution is 0.0115. The second-order valence-electron chi connectivity index (χ2n) is 5.13. The molecule has 2 amide bonds. The van der Waals surface area contributed by atoms with Crippen LogP contribution in [0.25, 0.3) is 0 Å². The SMILES string of the molecule is Cc1csc([C@H]2COCCN2C(=O)NCc2ncc(C)s2)n1. The van der Waals surface area contributed by atoms with E-state index >= 15 is 0 Å². The Balaban J connectivity index is 1.66. The third kappa shape index (κ3) is 3.45. The lowest BCUT2D eigenvalue weighted by Gasteiger charge is -2.34. The van der Waals surface area contributed by atoms with Crippen molar-refractivity contribution >= 4 is 28.7 Å². The van der Waals surface area contributed by atoms with Crippen LogP contribution in [0.15, 0.2) is 11.6 Å². The Hall–Kier alpha value is -1.51. The highest BCUT2D eigenvalue weighted by Gasteiger charge is 2.30. The lowest BCUT2D eigenvalue weighted by atomic mass is 10.2. The number of rotatable bonds is 3. The zero-order valence-electron chi connectivity index (χ0n) is 12.5. The first-order valence-corrected chi connectivity index (χ1v) is 8.78. The molecule has 3 heterocycles. The summed E-state index contributed by atoms with van der Waals surface area (Å²) in [6.45, 7) is 6.05. The van der Waals surface area contributed by atoms with Crippen LogP contribution in [0.3, 0.4) is 0 Å². The molecule has 1 saturated heterocycles. The first kappa shape index (κ1) is 15.4. The summed E-state index contributed by atoms with van der Waals surface area (Å²) in [4.78, 5) is 24.2. The standard InChI is InChI=1S/C14H18N4O2S2/c1-9-8-21-13(17-9)11-7-20-4-3-18(11)14(19)16-6-12-15-5-10(2)22-12/h5,8,11H,3-4,6-7H2,1-2H3,(H,16,19)/t11-/m1/s1. The summed E-state index contributed by atoms with van der Waals surface area (Å²) in [7, 11) is 0. The van der Waals surface area contributed by atoms with E-state index in [4.69, 9.17) is 4.74 Å². The number of aryl methyl sites for hydroxylation is 2. The molecule has 1 fully saturated rings. The van der Waals surface area contributed by atoms with Crippen molar-refractivity contribution in [1.82, 2.24) is 20.2 Å². The van der Waals surface area contributed by atoms with Gasteiger partial charge in [-0.25, -0.2) is 14.8 Å². The number of hydrogen-bond acceptors (Lipinski definition) is 6. The molecule has 0 aliphatic carbocycles. The number of hydrogen-bond donors (Lipinski definition) is 1. The van der Waals surface area contributed by atoms with Crippen LogP contribution in [0.5, 0.6) is 0 Å². The number of amides is 2. The number of nitrogens with zero attached hydrogens (tertiary/aromatic N) is 3. The Bertz CT molecular complexity index is 655. The Labute approximate surface area is 137 Å². The molecule has 118 valence electrons. The molecule has 2 aromatic rings. The molecule has 2 aromatic heterocycles. The fourth-order valence-electron chi connectivity index (χ4n) is 2.31. The second-order valence-corrected chi connectivity index (χ2v) is 7.34. The van der Waals surface area contributed by atoms with E-state index in [1.807, 2.05) is 30.3 Å². The minimum atomic E-state index is -0.106. The molecule has 1 aliphatic heterocycles. The van der Waals surface area contributed by atoms with E-state index in [1.54, 1.807) is 22.7 Å². The van der Waals surface area contributed by atoms with Crippen LogP contribution in [0.2, 0.25) is 0 Å². The normalized spacial score (nSPS) is 18.5. The molecule has 0 spiro atoms. The molecule has 6 nitrogen and oxygen atoms in total. The fraction of sp³-hybridized carbons (Fsp3) is 0.500. The van der Waals surface area contributed by atoms with Crippen LogP contribution in [-0.2, 0) is 11.3 Å². The zero-order chi connectivity index (χ0) is 15.5. The van der Waals surface area contributed by atoms with Crippen LogP contribution < -0.4 is 5.32 Å². The summed E-state index contributed by atoms with van der Waals surface area (Å²) in [5.41, 5.74) is 0.976. The van der Waals surface area contributed by atoms with Crippen LogP contribution in [0.4, 0.5) is 4.79 Å². The highest BCUT2D eigenvalue weighted by atomic mass is 32.1. The Morgan fingerprint density at radius 3 is 3.09 bits per heavy atom. The second kappa shape index (κ2) is 6.72. The van der Waals surface area contributed by atoms with Crippen LogP contribution in [0, 0.1) is 13.8 Å². The van der Waals surface area contributed by atoms with Gasteiger partial charge in [0.1, 0.15) is 16.1 Å². The molecule has 1 aliphatic rings. The molecular weight excluding hydrogens is 320 g/mol. The van der Waals surface area contributed by atoms with Gasteiger partial charge in [-0.15, -0.1) is 22.7 Å². The molecule has 0 unspecified atom stereocenters. The molecule has 1 N–H and O–H groups in total. The summed E-state index contributed by atoms with van der Waals surface area (Å²) in [6, 6.07) is -0.195. The Morgan fingerprint density at radius 1 is 1.55 bits per heavy atom. The van der Waals surface area contributed by atoms with Gasteiger partial charge in [0.05, 0.1) is 19.8 Å². The highest BCUT2D eigenvalue weighted by Crippen LogP contribution is 2.27. The number of nitrogens with one attached hydrogen (secondary N) is 1. The Kier molecular flexibility index (Phi) is 4.70. The van der Waals surface area contributed by atoms with Gasteiger partial charge in [0, 0.05) is 28.7 Å². The first-order valence-electron chi connectivity index (χ1n) is 7.09. The van der Waals surface area contributed by atoms with E-state index in [1.165, 1.54) is 0 Å². The summed E-state index contributed by atoms with van der Waals surface area (Å²) in [5.74, 6) is 0. The number of carbonyl (C=O) groups is 1. The molecule has 0 saturated carbocycles. The number of morpholine rings is 1. The van der Waals surface area contributed by atoms with E-state index in [0.717, 1.165) is 20.6 Å². The molecule has 0 aromatic carbocycles. The smallest absolute Gasteiger partial charge is 0.318 e. The monoisotopic (exact) mass is 338 g/mol. The van der Waals surface area contributed by atoms with Gasteiger partial charge in [-0.1, -0.05) is 0 Å². The van der Waals surface area contributed by atoms with Crippen LogP contribution in [-0.4, -0.2) is 40.7 Å². The van der Waals surface area contributed by atoms with Crippen molar-refractivity contribution in [3.63, 3.8) is 0 Å². The minimum absolute atomic E-state index is 0.0889. The lowest BCUT2D eigenvalue weighted by Crippen LogP contribution is -2.47. The highest BCUT2D eigenvalue weighted by molar-refractivity contribution is 7.11. The van der Waals surface area contributed by atoms with Crippen molar-refractivity contribution in [3.8, 4) is 0 Å². The Morgan fingerprint density at radius 2 is 2.41 bits per heavy atom. The quantitative estimate of drug-likeness (QED) is 0.934. The summed E-state index contributed by atoms with van der Waals surface area (Å²) < 4.78 is 5.53. The van der Waals surface area contributed by atoms with Crippen molar-refractivity contribution in [1.29, 1.82) is 0 Å². The predicted octanol–water partition coefficient (Wildman–Crippen LogP) is 2.50. The van der Waals surface area contributed by atoms with E-state index in [2.05, 4.69) is 15.3 Å². The molecule has 8 heteroatoms. The van der Waals surface area contributed by atoms with Gasteiger partial charge in [-0.2, -0.15) is 0 Å². The maximum Gasteiger partial charge on any atom is 0.318 e. The summed E-state index contributed by atoms with van der Waals surface area (Å²) in [5, 5.41) is 6.79. The molecule has 3 rings (SSSR count). The van der Waals surface area contributed by atoms with Crippen molar-refractivity contribution in [2.45, 2.75) is 26.4 Å². The van der Waals surface area contributed by atoms with Gasteiger partial charge in [0.15, 0.2) is 0 Å². The van der Waals surface area contributed by atoms with Gasteiger partial charge in [-0.05, 0) is 13.8 Å². The summed E-state index contributed by atoms with van der Waals surface area (Å²) in [6.07, 6.45) is 1.82. The maximum absolute atomic E-state index is 12.5. The van der Waals surface area contributed by atoms with Crippen molar-refractivity contribution in [3.05, 3.63) is 32.2 Å². The largest absolute Gasteiger partial charge is 0.377 e. The number of ether oxygens (including phenoxy) is 1. The minimum Gasteiger partial charge on any atom is -0.377 e. The van der Waals surface area contributed by atoms with Crippen molar-refractivity contribution < 1.29 is 9.53 Å². The van der Waals surface area contributed by atoms with E-state index < -0.39 is 0 Å². The summed E-state index contributed by atoms with van der Waals surface area (Å²) >= 11 is 3.17. The van der Waals surface area contributed by atoms with Gasteiger partial charge in [0.25, 0.3) is 0 Å². The average molecular weight is 338 g/mol. The zero-order valence-corrected chi connectivity index (χ0v) is 14.2. The number of aromatic nitrogens is 2. The molecule has 1 atom stereocenters. The van der Waals surface area contributed by atoms with Crippen molar-refractivity contribution in [2.24, 2.45) is 0 Å². The van der Waals surface area contributed by atoms with Crippen LogP contribution in [0.1, 0.15) is 26.6 Å². The molecule has 0 radical (unpaired) electrons. The van der Waals surface area contributed by atoms with E-state index in [9.17, 15) is 4.79 Å². The predicted molar refractivity (Wildman–Crippen MR) is 86.2 cm³/mol. The molecule has 0 bridgehead atoms. The molecule has 22 heavy (non-hydrogen) atoms. The van der Waals surface area contributed by atoms with Gasteiger partial charge in [-0.3, -0.25) is 0 Å². The number of urea groups is 1. The fourth-order valence-corrected chi connectivity index (χ4v) is 3.93. The third-order valence-electron chi connectivity index (χ3n) is 3.37. The third-order valence-corrected chi connectivity index (χ3v) is 5.35. The first-order chi connectivity index (χ1) is 10.6. The van der Waals surface area contributed by atoms with Gasteiger partial charge >= 0.3 is 6.03 Å². The molecular formula is C14H18N4O2S2. The van der Waals surface area contributed by atoms with E-state index in [-0.39, 0.29) is 12.1 Å². The van der Waals surface area contributed by atoms with Crippen LogP contribution >= 0.6 is 22.7 Å². The number of thiazole rings is 2.